The Hall–Kier alpha value is -1.61. The molecule has 1 fully saturated rings. The highest BCUT2D eigenvalue weighted by Gasteiger charge is 2.46. The minimum Gasteiger partial charge on any atom is -0.462 e. The molecule has 0 bridgehead atoms. The molecule has 12 nitrogen and oxygen atoms in total. The zero-order valence-corrected chi connectivity index (χ0v) is 35.7. The first kappa shape index (κ1) is 52.4. The van der Waals surface area contributed by atoms with Crippen LogP contribution in [-0.2, 0) is 38.7 Å². The maximum atomic E-state index is 12.8. The quantitative estimate of drug-likeness (QED) is 0.0201. The fourth-order valence-electron chi connectivity index (χ4n) is 7.01. The predicted molar refractivity (Wildman–Crippen MR) is 220 cm³/mol. The van der Waals surface area contributed by atoms with Gasteiger partial charge in [-0.2, -0.15) is 8.42 Å². The van der Waals surface area contributed by atoms with Crippen molar-refractivity contribution >= 4 is 22.1 Å². The molecule has 13 heteroatoms. The van der Waals surface area contributed by atoms with Crippen molar-refractivity contribution in [3.05, 3.63) is 12.7 Å². The summed E-state index contributed by atoms with van der Waals surface area (Å²) in [5.74, 6) is -1.97. The molecule has 0 saturated carbocycles. The number of carbonyl (C=O) groups excluding carboxylic acids is 2. The van der Waals surface area contributed by atoms with Crippen molar-refractivity contribution in [2.24, 2.45) is 0 Å². The van der Waals surface area contributed by atoms with E-state index < -0.39 is 71.2 Å². The van der Waals surface area contributed by atoms with E-state index in [4.69, 9.17) is 18.9 Å². The van der Waals surface area contributed by atoms with E-state index in [1.807, 2.05) is 6.08 Å². The second-order valence-electron chi connectivity index (χ2n) is 15.8. The minimum absolute atomic E-state index is 0.167. The number of aliphatic hydroxyl groups is 3. The van der Waals surface area contributed by atoms with Gasteiger partial charge in [-0.15, -0.1) is 6.58 Å². The zero-order valence-electron chi connectivity index (χ0n) is 34.8. The van der Waals surface area contributed by atoms with Gasteiger partial charge in [0.15, 0.2) is 12.4 Å². The summed E-state index contributed by atoms with van der Waals surface area (Å²) in [5, 5.41) is 30.8. The first-order chi connectivity index (χ1) is 27.0. The molecule has 0 spiro atoms. The third-order valence-electron chi connectivity index (χ3n) is 10.5. The Bertz CT molecular complexity index is 1090. The highest BCUT2D eigenvalue weighted by Crippen LogP contribution is 2.24. The van der Waals surface area contributed by atoms with E-state index in [-0.39, 0.29) is 19.4 Å². The number of hydrogen-bond donors (Lipinski definition) is 4. The van der Waals surface area contributed by atoms with E-state index in [1.165, 1.54) is 116 Å². The maximum Gasteiger partial charge on any atom is 0.306 e. The van der Waals surface area contributed by atoms with Crippen LogP contribution in [0.3, 0.4) is 0 Å². The van der Waals surface area contributed by atoms with Crippen LogP contribution in [0.5, 0.6) is 0 Å². The van der Waals surface area contributed by atoms with Crippen molar-refractivity contribution in [3.63, 3.8) is 0 Å². The summed E-state index contributed by atoms with van der Waals surface area (Å²) in [6.45, 7) is 5.29. The normalized spacial score (nSPS) is 20.5. The van der Waals surface area contributed by atoms with Gasteiger partial charge in [-0.1, -0.05) is 161 Å². The number of rotatable bonds is 38. The maximum absolute atomic E-state index is 12.8. The van der Waals surface area contributed by atoms with E-state index in [0.29, 0.717) is 12.8 Å². The van der Waals surface area contributed by atoms with E-state index in [0.717, 1.165) is 44.9 Å². The molecule has 0 aromatic rings. The zero-order chi connectivity index (χ0) is 41.3. The van der Waals surface area contributed by atoms with Gasteiger partial charge in [-0.25, -0.2) is 0 Å². The van der Waals surface area contributed by atoms with Crippen LogP contribution in [0, 0.1) is 0 Å². The van der Waals surface area contributed by atoms with E-state index in [9.17, 15) is 37.9 Å². The SMILES string of the molecule is C=CCCCCCCCCCCCCCCCC(=O)O[C@H](COC(=O)CCCCCCCCCCCCCCC)CO[C@H]1O[C@H](CS(=O)(=O)O)[C@@H](O)C(O)C1O. The Balaban J connectivity index is 2.44. The Labute approximate surface area is 339 Å². The molecule has 1 aliphatic rings. The van der Waals surface area contributed by atoms with E-state index in [2.05, 4.69) is 13.5 Å². The molecular weight excluding hydrogens is 741 g/mol. The third kappa shape index (κ3) is 28.7. The lowest BCUT2D eigenvalue weighted by Crippen LogP contribution is -2.60. The Kier molecular flexibility index (Phi) is 32.1. The third-order valence-corrected chi connectivity index (χ3v) is 11.2. The molecular formula is C43H80O12S. The molecule has 0 aromatic carbocycles. The van der Waals surface area contributed by atoms with Crippen molar-refractivity contribution < 1.29 is 56.8 Å². The number of unbranched alkanes of at least 4 members (excludes halogenated alkanes) is 25. The number of hydrogen-bond acceptors (Lipinski definition) is 11. The lowest BCUT2D eigenvalue weighted by atomic mass is 10.00. The van der Waals surface area contributed by atoms with Crippen molar-refractivity contribution in [3.8, 4) is 0 Å². The molecule has 4 N–H and O–H groups in total. The number of esters is 2. The second kappa shape index (κ2) is 34.3. The van der Waals surface area contributed by atoms with Gasteiger partial charge < -0.3 is 34.3 Å². The van der Waals surface area contributed by atoms with Gasteiger partial charge in [-0.3, -0.25) is 14.1 Å². The molecule has 330 valence electrons. The summed E-state index contributed by atoms with van der Waals surface area (Å²) in [6, 6.07) is 0. The summed E-state index contributed by atoms with van der Waals surface area (Å²) in [5.41, 5.74) is 0. The Morgan fingerprint density at radius 1 is 0.625 bits per heavy atom. The summed E-state index contributed by atoms with van der Waals surface area (Å²) in [7, 11) is -4.60. The average Bonchev–Trinajstić information content (AvgIpc) is 3.16. The van der Waals surface area contributed by atoms with Gasteiger partial charge in [-0.05, 0) is 25.7 Å². The van der Waals surface area contributed by atoms with Gasteiger partial charge in [0.25, 0.3) is 10.1 Å². The summed E-state index contributed by atoms with van der Waals surface area (Å²) in [4.78, 5) is 25.4. The lowest BCUT2D eigenvalue weighted by Gasteiger charge is -2.40. The molecule has 56 heavy (non-hydrogen) atoms. The van der Waals surface area contributed by atoms with Crippen LogP contribution in [0.15, 0.2) is 12.7 Å². The fraction of sp³-hybridized carbons (Fsp3) is 0.907. The molecule has 1 saturated heterocycles. The van der Waals surface area contributed by atoms with Crippen LogP contribution in [-0.4, -0.2) is 96.0 Å². The van der Waals surface area contributed by atoms with Crippen LogP contribution < -0.4 is 0 Å². The lowest BCUT2D eigenvalue weighted by molar-refractivity contribution is -0.297. The first-order valence-corrected chi connectivity index (χ1v) is 23.8. The van der Waals surface area contributed by atoms with Crippen LogP contribution in [0.4, 0.5) is 0 Å². The summed E-state index contributed by atoms with van der Waals surface area (Å²) < 4.78 is 54.0. The van der Waals surface area contributed by atoms with Crippen molar-refractivity contribution in [2.45, 2.75) is 230 Å². The largest absolute Gasteiger partial charge is 0.462 e. The van der Waals surface area contributed by atoms with Gasteiger partial charge in [0.05, 0.1) is 6.61 Å². The van der Waals surface area contributed by atoms with Gasteiger partial charge in [0, 0.05) is 12.8 Å². The molecule has 1 aliphatic heterocycles. The smallest absolute Gasteiger partial charge is 0.306 e. The highest BCUT2D eigenvalue weighted by atomic mass is 32.2. The van der Waals surface area contributed by atoms with Crippen molar-refractivity contribution in [1.82, 2.24) is 0 Å². The van der Waals surface area contributed by atoms with Gasteiger partial charge >= 0.3 is 11.9 Å². The molecule has 0 radical (unpaired) electrons. The predicted octanol–water partition coefficient (Wildman–Crippen LogP) is 8.67. The number of aliphatic hydroxyl groups excluding tert-OH is 3. The molecule has 6 atom stereocenters. The van der Waals surface area contributed by atoms with Crippen LogP contribution in [0.25, 0.3) is 0 Å². The Morgan fingerprint density at radius 3 is 1.50 bits per heavy atom. The average molecular weight is 821 g/mol. The minimum atomic E-state index is -4.60. The van der Waals surface area contributed by atoms with Crippen LogP contribution >= 0.6 is 0 Å². The van der Waals surface area contributed by atoms with Crippen LogP contribution in [0.2, 0.25) is 0 Å². The summed E-state index contributed by atoms with van der Waals surface area (Å²) in [6.07, 6.45) is 24.3. The molecule has 1 heterocycles. The monoisotopic (exact) mass is 821 g/mol. The molecule has 1 rings (SSSR count). The van der Waals surface area contributed by atoms with E-state index >= 15 is 0 Å². The second-order valence-corrected chi connectivity index (χ2v) is 17.3. The first-order valence-electron chi connectivity index (χ1n) is 22.2. The van der Waals surface area contributed by atoms with Crippen molar-refractivity contribution in [2.75, 3.05) is 19.0 Å². The molecule has 0 aliphatic carbocycles. The molecule has 2 unspecified atom stereocenters. The number of carbonyl (C=O) groups is 2. The topological polar surface area (TPSA) is 186 Å². The van der Waals surface area contributed by atoms with Gasteiger partial charge in [0.2, 0.25) is 0 Å². The molecule has 0 amide bonds. The summed E-state index contributed by atoms with van der Waals surface area (Å²) >= 11 is 0. The molecule has 0 aromatic heterocycles. The van der Waals surface area contributed by atoms with Crippen molar-refractivity contribution in [1.29, 1.82) is 0 Å². The standard InChI is InChI=1S/C43H80O12S/c1-3-5-7-9-11-13-15-17-18-20-22-24-26-28-30-32-39(45)54-36(34-53-43-42(48)41(47)40(46)37(55-43)35-56(49,50)51)33-52-38(44)31-29-27-25-23-21-19-16-14-12-10-8-6-4-2/h3,36-37,40-43,46-48H,1,4-35H2,2H3,(H,49,50,51)/t36-,37-,40-,41?,42?,43+/m1/s1. The fourth-order valence-corrected chi connectivity index (χ4v) is 7.70. The highest BCUT2D eigenvalue weighted by molar-refractivity contribution is 7.85. The number of ether oxygens (including phenoxy) is 4. The number of allylic oxidation sites excluding steroid dienone is 1. The van der Waals surface area contributed by atoms with E-state index in [1.54, 1.807) is 0 Å². The van der Waals surface area contributed by atoms with Crippen LogP contribution in [0.1, 0.15) is 193 Å². The van der Waals surface area contributed by atoms with Gasteiger partial charge in [0.1, 0.15) is 36.8 Å². The Morgan fingerprint density at radius 2 is 1.05 bits per heavy atom.